The van der Waals surface area contributed by atoms with Crippen molar-refractivity contribution in [1.29, 1.82) is 0 Å². The molecule has 0 radical (unpaired) electrons. The van der Waals surface area contributed by atoms with Crippen LogP contribution in [0, 0.1) is 33.0 Å². The van der Waals surface area contributed by atoms with Crippen molar-refractivity contribution in [2.75, 3.05) is 11.9 Å². The number of anilines is 1. The fourth-order valence-electron chi connectivity index (χ4n) is 3.36. The van der Waals surface area contributed by atoms with E-state index in [1.165, 1.54) is 13.0 Å². The van der Waals surface area contributed by atoms with Crippen molar-refractivity contribution in [3.8, 4) is 0 Å². The van der Waals surface area contributed by atoms with Crippen LogP contribution in [0.2, 0.25) is 0 Å². The number of rotatable bonds is 7. The SMILES string of the molecule is Cc1c(CO)cc([N+](=O)[O-])c(NCC2(c3ccccc3F)CC2)c1[N+](=O)[O-]. The summed E-state index contributed by atoms with van der Waals surface area (Å²) < 4.78 is 14.2. The molecule has 9 heteroatoms. The zero-order chi connectivity index (χ0) is 19.8. The first-order chi connectivity index (χ1) is 12.8. The Balaban J connectivity index is 2.02. The van der Waals surface area contributed by atoms with Crippen LogP contribution in [0.5, 0.6) is 0 Å². The zero-order valence-electron chi connectivity index (χ0n) is 14.6. The van der Waals surface area contributed by atoms with E-state index in [9.17, 15) is 29.7 Å². The monoisotopic (exact) mass is 375 g/mol. The van der Waals surface area contributed by atoms with Crippen molar-refractivity contribution >= 4 is 17.1 Å². The summed E-state index contributed by atoms with van der Waals surface area (Å²) in [5.74, 6) is -0.368. The van der Waals surface area contributed by atoms with Gasteiger partial charge in [-0.25, -0.2) is 4.39 Å². The average molecular weight is 375 g/mol. The molecule has 0 aromatic heterocycles. The third kappa shape index (κ3) is 3.33. The molecule has 0 atom stereocenters. The fraction of sp³-hybridized carbons (Fsp3) is 0.333. The molecule has 0 bridgehead atoms. The number of aliphatic hydroxyl groups excluding tert-OH is 1. The van der Waals surface area contributed by atoms with E-state index >= 15 is 0 Å². The van der Waals surface area contributed by atoms with Crippen LogP contribution in [0.15, 0.2) is 30.3 Å². The maximum absolute atomic E-state index is 14.2. The number of nitro groups is 2. The van der Waals surface area contributed by atoms with Crippen LogP contribution in [0.1, 0.15) is 29.5 Å². The maximum atomic E-state index is 14.2. The summed E-state index contributed by atoms with van der Waals surface area (Å²) in [5.41, 5.74) is -0.927. The predicted molar refractivity (Wildman–Crippen MR) is 96.2 cm³/mol. The van der Waals surface area contributed by atoms with Gasteiger partial charge in [-0.15, -0.1) is 0 Å². The Morgan fingerprint density at radius 1 is 1.22 bits per heavy atom. The van der Waals surface area contributed by atoms with Gasteiger partial charge < -0.3 is 10.4 Å². The molecule has 1 fully saturated rings. The molecule has 0 amide bonds. The minimum Gasteiger partial charge on any atom is -0.392 e. The highest BCUT2D eigenvalue weighted by atomic mass is 19.1. The van der Waals surface area contributed by atoms with Crippen LogP contribution in [0.4, 0.5) is 21.5 Å². The van der Waals surface area contributed by atoms with E-state index in [0.717, 1.165) is 6.07 Å². The van der Waals surface area contributed by atoms with Crippen LogP contribution in [0.3, 0.4) is 0 Å². The van der Waals surface area contributed by atoms with Crippen LogP contribution >= 0.6 is 0 Å². The summed E-state index contributed by atoms with van der Waals surface area (Å²) in [4.78, 5) is 21.6. The van der Waals surface area contributed by atoms with Crippen molar-refractivity contribution < 1.29 is 19.3 Å². The molecule has 2 aromatic carbocycles. The second-order valence-corrected chi connectivity index (χ2v) is 6.69. The minimum absolute atomic E-state index is 0.120. The van der Waals surface area contributed by atoms with Crippen LogP contribution in [-0.4, -0.2) is 21.5 Å². The first kappa shape index (κ1) is 18.7. The van der Waals surface area contributed by atoms with Crippen LogP contribution in [0.25, 0.3) is 0 Å². The quantitative estimate of drug-likeness (QED) is 0.564. The summed E-state index contributed by atoms with van der Waals surface area (Å²) in [7, 11) is 0. The van der Waals surface area contributed by atoms with Gasteiger partial charge in [0.05, 0.1) is 16.5 Å². The van der Waals surface area contributed by atoms with Crippen molar-refractivity contribution in [3.05, 3.63) is 73.1 Å². The van der Waals surface area contributed by atoms with E-state index in [2.05, 4.69) is 5.32 Å². The molecule has 1 saturated carbocycles. The lowest BCUT2D eigenvalue weighted by atomic mass is 9.95. The van der Waals surface area contributed by atoms with E-state index in [-0.39, 0.29) is 29.2 Å². The summed E-state index contributed by atoms with van der Waals surface area (Å²) in [6.45, 7) is 1.02. The number of nitrogens with one attached hydrogen (secondary N) is 1. The molecule has 27 heavy (non-hydrogen) atoms. The minimum atomic E-state index is -0.726. The molecule has 1 aliphatic rings. The third-order valence-corrected chi connectivity index (χ3v) is 5.09. The summed E-state index contributed by atoms with van der Waals surface area (Å²) in [5, 5.41) is 35.2. The second kappa shape index (κ2) is 6.92. The lowest BCUT2D eigenvalue weighted by Crippen LogP contribution is -2.22. The Kier molecular flexibility index (Phi) is 4.79. The maximum Gasteiger partial charge on any atom is 0.302 e. The van der Waals surface area contributed by atoms with Gasteiger partial charge in [0.25, 0.3) is 5.69 Å². The molecular formula is C18H18FN3O5. The first-order valence-electron chi connectivity index (χ1n) is 8.36. The fourth-order valence-corrected chi connectivity index (χ4v) is 3.36. The summed E-state index contributed by atoms with van der Waals surface area (Å²) >= 11 is 0. The molecule has 0 unspecified atom stereocenters. The Morgan fingerprint density at radius 3 is 2.41 bits per heavy atom. The van der Waals surface area contributed by atoms with Crippen molar-refractivity contribution in [1.82, 2.24) is 0 Å². The van der Waals surface area contributed by atoms with Gasteiger partial charge in [-0.05, 0) is 37.0 Å². The lowest BCUT2D eigenvalue weighted by molar-refractivity contribution is -0.392. The highest BCUT2D eigenvalue weighted by molar-refractivity contribution is 5.78. The van der Waals surface area contributed by atoms with Gasteiger partial charge in [0.1, 0.15) is 5.82 Å². The summed E-state index contributed by atoms with van der Waals surface area (Å²) in [6.07, 6.45) is 1.35. The molecule has 0 heterocycles. The number of nitro benzene ring substituents is 2. The van der Waals surface area contributed by atoms with Gasteiger partial charge in [0.15, 0.2) is 5.69 Å². The van der Waals surface area contributed by atoms with E-state index in [0.29, 0.717) is 18.4 Å². The smallest absolute Gasteiger partial charge is 0.302 e. The third-order valence-electron chi connectivity index (χ3n) is 5.09. The molecule has 142 valence electrons. The van der Waals surface area contributed by atoms with Gasteiger partial charge >= 0.3 is 5.69 Å². The molecule has 8 nitrogen and oxygen atoms in total. The van der Waals surface area contributed by atoms with E-state index in [1.54, 1.807) is 18.2 Å². The number of hydrogen-bond acceptors (Lipinski definition) is 6. The Morgan fingerprint density at radius 2 is 1.89 bits per heavy atom. The van der Waals surface area contributed by atoms with Crippen molar-refractivity contribution in [2.45, 2.75) is 31.8 Å². The van der Waals surface area contributed by atoms with Crippen LogP contribution < -0.4 is 5.32 Å². The molecule has 1 aliphatic carbocycles. The van der Waals surface area contributed by atoms with Gasteiger partial charge in [-0.2, -0.15) is 0 Å². The number of hydrogen-bond donors (Lipinski definition) is 2. The van der Waals surface area contributed by atoms with Gasteiger partial charge in [-0.1, -0.05) is 18.2 Å². The van der Waals surface area contributed by atoms with Gasteiger partial charge in [0, 0.05) is 23.6 Å². The largest absolute Gasteiger partial charge is 0.392 e. The zero-order valence-corrected chi connectivity index (χ0v) is 14.6. The molecule has 3 rings (SSSR count). The molecule has 0 spiro atoms. The Hall–Kier alpha value is -3.07. The molecule has 2 N–H and O–H groups in total. The van der Waals surface area contributed by atoms with E-state index in [4.69, 9.17) is 0 Å². The normalized spacial score (nSPS) is 14.6. The van der Waals surface area contributed by atoms with Gasteiger partial charge in [0.2, 0.25) is 0 Å². The number of halogens is 1. The van der Waals surface area contributed by atoms with E-state index < -0.39 is 33.2 Å². The first-order valence-corrected chi connectivity index (χ1v) is 8.36. The molecule has 2 aromatic rings. The van der Waals surface area contributed by atoms with Crippen molar-refractivity contribution in [3.63, 3.8) is 0 Å². The highest BCUT2D eigenvalue weighted by Gasteiger charge is 2.46. The Labute approximate surface area is 153 Å². The second-order valence-electron chi connectivity index (χ2n) is 6.69. The number of aliphatic hydroxyl groups is 1. The number of benzene rings is 2. The highest BCUT2D eigenvalue weighted by Crippen LogP contribution is 2.50. The predicted octanol–water partition coefficient (Wildman–Crippen LogP) is 3.59. The summed E-state index contributed by atoms with van der Waals surface area (Å²) in [6, 6.07) is 7.43. The lowest BCUT2D eigenvalue weighted by Gasteiger charge is -2.19. The van der Waals surface area contributed by atoms with E-state index in [1.807, 2.05) is 0 Å². The average Bonchev–Trinajstić information content (AvgIpc) is 3.40. The topological polar surface area (TPSA) is 119 Å². The van der Waals surface area contributed by atoms with Crippen LogP contribution in [-0.2, 0) is 12.0 Å². The molecular weight excluding hydrogens is 357 g/mol. The van der Waals surface area contributed by atoms with Gasteiger partial charge in [-0.3, -0.25) is 20.2 Å². The van der Waals surface area contributed by atoms with Crippen molar-refractivity contribution in [2.24, 2.45) is 0 Å². The molecule has 0 aliphatic heterocycles. The molecule has 0 saturated heterocycles. The Bertz CT molecular complexity index is 927. The standard InChI is InChI=1S/C18H18FN3O5/c1-11-12(9-23)8-15(21(24)25)16(17(11)22(26)27)20-10-18(6-7-18)13-4-2-3-5-14(13)19/h2-5,8,20,23H,6-7,9-10H2,1H3. The number of nitrogens with zero attached hydrogens (tertiary/aromatic N) is 2.